The molecule has 1 saturated heterocycles. The van der Waals surface area contributed by atoms with Gasteiger partial charge in [0.05, 0.1) is 19.4 Å². The van der Waals surface area contributed by atoms with Crippen LogP contribution in [-0.2, 0) is 9.53 Å². The smallest absolute Gasteiger partial charge is 0.223 e. The van der Waals surface area contributed by atoms with Crippen LogP contribution in [0.5, 0.6) is 0 Å². The summed E-state index contributed by atoms with van der Waals surface area (Å²) < 4.78 is 5.32. The summed E-state index contributed by atoms with van der Waals surface area (Å²) in [6.45, 7) is 8.25. The molecule has 4 nitrogen and oxygen atoms in total. The van der Waals surface area contributed by atoms with Crippen LogP contribution in [0.25, 0.3) is 0 Å². The molecule has 0 aromatic rings. The summed E-state index contributed by atoms with van der Waals surface area (Å²) in [5, 5.41) is 0. The fraction of sp³-hybridized carbons (Fsp3) is 0.842. The van der Waals surface area contributed by atoms with Gasteiger partial charge in [0, 0.05) is 13.0 Å². The Bertz CT molecular complexity index is 357. The average Bonchev–Trinajstić information content (AvgIpc) is 3.00. The molecule has 0 aromatic heterocycles. The van der Waals surface area contributed by atoms with Crippen molar-refractivity contribution >= 4 is 5.91 Å². The Labute approximate surface area is 142 Å². The number of carbonyl (C=O) groups is 1. The predicted molar refractivity (Wildman–Crippen MR) is 96.0 cm³/mol. The summed E-state index contributed by atoms with van der Waals surface area (Å²) in [7, 11) is 0. The number of nitrogens with zero attached hydrogens (tertiary/aromatic N) is 1. The zero-order chi connectivity index (χ0) is 17.1. The predicted octanol–water partition coefficient (Wildman–Crippen LogP) is 3.71. The van der Waals surface area contributed by atoms with E-state index in [0.717, 1.165) is 38.1 Å². The lowest BCUT2D eigenvalue weighted by atomic mass is 9.88. The van der Waals surface area contributed by atoms with Crippen LogP contribution in [-0.4, -0.2) is 36.7 Å². The Hall–Kier alpha value is -0.870. The molecule has 4 heteroatoms. The number of nitrogens with two attached hydrogens (primary N) is 1. The first kappa shape index (κ1) is 20.2. The van der Waals surface area contributed by atoms with E-state index < -0.39 is 0 Å². The van der Waals surface area contributed by atoms with Crippen LogP contribution in [0.2, 0.25) is 0 Å². The molecule has 134 valence electrons. The fourth-order valence-electron chi connectivity index (χ4n) is 3.60. The molecule has 1 rings (SSSR count). The van der Waals surface area contributed by atoms with Gasteiger partial charge in [-0.3, -0.25) is 4.79 Å². The van der Waals surface area contributed by atoms with Crippen molar-refractivity contribution in [1.29, 1.82) is 0 Å². The van der Waals surface area contributed by atoms with Gasteiger partial charge in [0.1, 0.15) is 0 Å². The highest BCUT2D eigenvalue weighted by Gasteiger charge is 2.29. The third kappa shape index (κ3) is 7.49. The lowest BCUT2D eigenvalue weighted by Gasteiger charge is -2.27. The van der Waals surface area contributed by atoms with E-state index in [2.05, 4.69) is 32.9 Å². The van der Waals surface area contributed by atoms with E-state index in [1.165, 1.54) is 12.8 Å². The van der Waals surface area contributed by atoms with Crippen molar-refractivity contribution in [2.24, 2.45) is 17.6 Å². The molecule has 0 spiro atoms. The third-order valence-electron chi connectivity index (χ3n) is 4.94. The molecular weight excluding hydrogens is 288 g/mol. The number of ether oxygens (including phenoxy) is 1. The van der Waals surface area contributed by atoms with Gasteiger partial charge in [0.15, 0.2) is 0 Å². The molecule has 0 saturated carbocycles. The number of amides is 1. The molecule has 3 atom stereocenters. The van der Waals surface area contributed by atoms with Crippen molar-refractivity contribution in [3.8, 4) is 0 Å². The average molecular weight is 325 g/mol. The summed E-state index contributed by atoms with van der Waals surface area (Å²) in [5.41, 5.74) is 5.40. The summed E-state index contributed by atoms with van der Waals surface area (Å²) in [4.78, 5) is 14.6. The largest absolute Gasteiger partial charge is 0.364 e. The van der Waals surface area contributed by atoms with Crippen molar-refractivity contribution < 1.29 is 9.53 Å². The van der Waals surface area contributed by atoms with Crippen LogP contribution < -0.4 is 5.73 Å². The molecular formula is C19H36N2O2. The molecule has 23 heavy (non-hydrogen) atoms. The number of carbonyl (C=O) groups excluding carboxylic acids is 1. The van der Waals surface area contributed by atoms with Crippen LogP contribution in [0.3, 0.4) is 0 Å². The van der Waals surface area contributed by atoms with E-state index in [4.69, 9.17) is 10.5 Å². The topological polar surface area (TPSA) is 55.6 Å². The number of rotatable bonds is 11. The first-order chi connectivity index (χ1) is 11.1. The normalized spacial score (nSPS) is 21.0. The van der Waals surface area contributed by atoms with E-state index >= 15 is 0 Å². The number of hydrogen-bond acceptors (Lipinski definition) is 3. The van der Waals surface area contributed by atoms with E-state index in [-0.39, 0.29) is 12.8 Å². The minimum absolute atomic E-state index is 0.231. The molecule has 1 aliphatic heterocycles. The zero-order valence-corrected chi connectivity index (χ0v) is 15.3. The zero-order valence-electron chi connectivity index (χ0n) is 15.3. The third-order valence-corrected chi connectivity index (χ3v) is 4.94. The molecule has 1 amide bonds. The van der Waals surface area contributed by atoms with Gasteiger partial charge in [0.25, 0.3) is 0 Å². The standard InChI is InChI=1S/C19H36N2O2/c1-4-6-7-9-17(5-2)12-16(3)13-19(22)21-11-8-10-18(21)14-23-15-20/h4,6,16-18H,5,7-15,20H2,1-3H3/b6-4-/t16-,17?,18?/m1/s1. The summed E-state index contributed by atoms with van der Waals surface area (Å²) in [6, 6.07) is 0.231. The van der Waals surface area contributed by atoms with Crippen LogP contribution in [0.1, 0.15) is 65.7 Å². The fourth-order valence-corrected chi connectivity index (χ4v) is 3.60. The highest BCUT2D eigenvalue weighted by molar-refractivity contribution is 5.77. The van der Waals surface area contributed by atoms with Crippen LogP contribution >= 0.6 is 0 Å². The number of hydrogen-bond donors (Lipinski definition) is 1. The van der Waals surface area contributed by atoms with Crippen LogP contribution in [0, 0.1) is 11.8 Å². The van der Waals surface area contributed by atoms with Crippen molar-refractivity contribution in [1.82, 2.24) is 4.90 Å². The monoisotopic (exact) mass is 324 g/mol. The lowest BCUT2D eigenvalue weighted by Crippen LogP contribution is -2.39. The minimum atomic E-state index is 0.231. The van der Waals surface area contributed by atoms with Gasteiger partial charge < -0.3 is 15.4 Å². The molecule has 0 bridgehead atoms. The second-order valence-electron chi connectivity index (χ2n) is 6.89. The highest BCUT2D eigenvalue weighted by Crippen LogP contribution is 2.25. The van der Waals surface area contributed by atoms with Gasteiger partial charge in [-0.1, -0.05) is 32.4 Å². The molecule has 0 aromatic carbocycles. The summed E-state index contributed by atoms with van der Waals surface area (Å²) in [5.74, 6) is 1.47. The van der Waals surface area contributed by atoms with Gasteiger partial charge in [0.2, 0.25) is 5.91 Å². The maximum Gasteiger partial charge on any atom is 0.223 e. The molecule has 0 aliphatic carbocycles. The van der Waals surface area contributed by atoms with Gasteiger partial charge in [-0.25, -0.2) is 0 Å². The Balaban J connectivity index is 2.39. The SMILES string of the molecule is C/C=C\CCC(CC)C[C@@H](C)CC(=O)N1CCCC1COCN. The Morgan fingerprint density at radius 2 is 2.26 bits per heavy atom. The quantitative estimate of drug-likeness (QED) is 0.465. The minimum Gasteiger partial charge on any atom is -0.364 e. The first-order valence-electron chi connectivity index (χ1n) is 9.30. The number of likely N-dealkylation sites (tertiary alicyclic amines) is 1. The lowest BCUT2D eigenvalue weighted by molar-refractivity contribution is -0.134. The van der Waals surface area contributed by atoms with Gasteiger partial charge in [-0.2, -0.15) is 0 Å². The number of allylic oxidation sites excluding steroid dienone is 2. The molecule has 1 heterocycles. The van der Waals surface area contributed by atoms with Gasteiger partial charge >= 0.3 is 0 Å². The maximum absolute atomic E-state index is 12.6. The molecule has 0 radical (unpaired) electrons. The van der Waals surface area contributed by atoms with E-state index in [9.17, 15) is 4.79 Å². The summed E-state index contributed by atoms with van der Waals surface area (Å²) in [6.07, 6.45) is 11.9. The molecule has 2 unspecified atom stereocenters. The van der Waals surface area contributed by atoms with Crippen molar-refractivity contribution in [2.75, 3.05) is 19.9 Å². The van der Waals surface area contributed by atoms with E-state index in [1.807, 2.05) is 4.90 Å². The van der Waals surface area contributed by atoms with Gasteiger partial charge in [-0.15, -0.1) is 0 Å². The van der Waals surface area contributed by atoms with E-state index in [0.29, 0.717) is 24.9 Å². The molecule has 1 aliphatic rings. The van der Waals surface area contributed by atoms with Gasteiger partial charge in [-0.05, 0) is 50.9 Å². The highest BCUT2D eigenvalue weighted by atomic mass is 16.5. The second-order valence-corrected chi connectivity index (χ2v) is 6.89. The van der Waals surface area contributed by atoms with Crippen molar-refractivity contribution in [3.05, 3.63) is 12.2 Å². The van der Waals surface area contributed by atoms with Crippen molar-refractivity contribution in [2.45, 2.75) is 71.8 Å². The van der Waals surface area contributed by atoms with Crippen molar-refractivity contribution in [3.63, 3.8) is 0 Å². The maximum atomic E-state index is 12.6. The second kappa shape index (κ2) is 11.6. The first-order valence-corrected chi connectivity index (χ1v) is 9.30. The Morgan fingerprint density at radius 1 is 1.48 bits per heavy atom. The Morgan fingerprint density at radius 3 is 2.91 bits per heavy atom. The van der Waals surface area contributed by atoms with Crippen LogP contribution in [0.15, 0.2) is 12.2 Å². The molecule has 2 N–H and O–H groups in total. The summed E-state index contributed by atoms with van der Waals surface area (Å²) >= 11 is 0. The van der Waals surface area contributed by atoms with E-state index in [1.54, 1.807) is 0 Å². The molecule has 1 fully saturated rings. The van der Waals surface area contributed by atoms with Crippen LogP contribution in [0.4, 0.5) is 0 Å². The Kier molecular flexibility index (Phi) is 10.2.